The Labute approximate surface area is 108 Å². The molecule has 4 nitrogen and oxygen atoms in total. The van der Waals surface area contributed by atoms with Crippen LogP contribution < -0.4 is 9.64 Å². The third-order valence-electron chi connectivity index (χ3n) is 3.32. The van der Waals surface area contributed by atoms with Crippen LogP contribution in [0.4, 0.5) is 5.69 Å². The van der Waals surface area contributed by atoms with Gasteiger partial charge in [0.15, 0.2) is 0 Å². The van der Waals surface area contributed by atoms with Crippen molar-refractivity contribution in [3.8, 4) is 5.75 Å². The molecule has 0 N–H and O–H groups in total. The third-order valence-corrected chi connectivity index (χ3v) is 3.32. The predicted molar refractivity (Wildman–Crippen MR) is 72.1 cm³/mol. The number of ether oxygens (including phenoxy) is 1. The standard InChI is InChI=1S/C14H20N2O2/c1-18-14-7-3-2-6-13(14)16-10-4-8-15(12-17)9-5-11-16/h2-3,6-7,12H,4-5,8-11H2,1H3. The highest BCUT2D eigenvalue weighted by Gasteiger charge is 2.14. The van der Waals surface area contributed by atoms with Crippen LogP contribution in [0.15, 0.2) is 24.3 Å². The summed E-state index contributed by atoms with van der Waals surface area (Å²) >= 11 is 0. The number of para-hydroxylation sites is 2. The van der Waals surface area contributed by atoms with Crippen LogP contribution in [0.5, 0.6) is 5.75 Å². The zero-order chi connectivity index (χ0) is 12.8. The molecule has 4 heteroatoms. The molecule has 1 saturated heterocycles. The van der Waals surface area contributed by atoms with Crippen LogP contribution >= 0.6 is 0 Å². The van der Waals surface area contributed by atoms with E-state index in [2.05, 4.69) is 11.0 Å². The molecule has 0 radical (unpaired) electrons. The highest BCUT2D eigenvalue weighted by Crippen LogP contribution is 2.28. The van der Waals surface area contributed by atoms with Gasteiger partial charge in [-0.05, 0) is 25.0 Å². The van der Waals surface area contributed by atoms with Crippen LogP contribution in [0.3, 0.4) is 0 Å². The number of methoxy groups -OCH3 is 1. The second-order valence-electron chi connectivity index (χ2n) is 4.51. The van der Waals surface area contributed by atoms with Crippen LogP contribution in [-0.4, -0.2) is 44.6 Å². The fourth-order valence-electron chi connectivity index (χ4n) is 2.39. The van der Waals surface area contributed by atoms with Crippen molar-refractivity contribution in [3.63, 3.8) is 0 Å². The molecule has 0 saturated carbocycles. The van der Waals surface area contributed by atoms with E-state index in [1.165, 1.54) is 0 Å². The number of hydrogen-bond acceptors (Lipinski definition) is 3. The summed E-state index contributed by atoms with van der Waals surface area (Å²) in [4.78, 5) is 15.0. The third kappa shape index (κ3) is 2.94. The van der Waals surface area contributed by atoms with Crippen LogP contribution in [0.1, 0.15) is 12.8 Å². The number of nitrogens with zero attached hydrogens (tertiary/aromatic N) is 2. The van der Waals surface area contributed by atoms with Gasteiger partial charge in [0.1, 0.15) is 5.75 Å². The smallest absolute Gasteiger partial charge is 0.209 e. The molecule has 1 fully saturated rings. The highest BCUT2D eigenvalue weighted by atomic mass is 16.5. The molecule has 1 amide bonds. The molecular formula is C14H20N2O2. The van der Waals surface area contributed by atoms with Crippen LogP contribution in [0.2, 0.25) is 0 Å². The number of hydrogen-bond donors (Lipinski definition) is 0. The molecule has 2 rings (SSSR count). The van der Waals surface area contributed by atoms with E-state index in [1.807, 2.05) is 23.1 Å². The normalized spacial score (nSPS) is 16.9. The summed E-state index contributed by atoms with van der Waals surface area (Å²) in [6, 6.07) is 8.11. The average molecular weight is 248 g/mol. The topological polar surface area (TPSA) is 32.8 Å². The van der Waals surface area contributed by atoms with Crippen molar-refractivity contribution in [2.45, 2.75) is 12.8 Å². The molecule has 0 bridgehead atoms. The summed E-state index contributed by atoms with van der Waals surface area (Å²) in [6.07, 6.45) is 2.95. The number of rotatable bonds is 3. The summed E-state index contributed by atoms with van der Waals surface area (Å²) in [5.74, 6) is 0.922. The molecule has 1 aromatic carbocycles. The Balaban J connectivity index is 2.06. The first-order valence-electron chi connectivity index (χ1n) is 6.42. The number of carbonyl (C=O) groups excluding carboxylic acids is 1. The van der Waals surface area contributed by atoms with Gasteiger partial charge < -0.3 is 14.5 Å². The molecule has 98 valence electrons. The molecule has 0 aromatic heterocycles. The van der Waals surface area contributed by atoms with E-state index in [4.69, 9.17) is 4.74 Å². The van der Waals surface area contributed by atoms with Gasteiger partial charge in [-0.3, -0.25) is 4.79 Å². The van der Waals surface area contributed by atoms with E-state index in [0.717, 1.165) is 56.9 Å². The SMILES string of the molecule is COc1ccccc1N1CCCN(C=O)CCC1. The van der Waals surface area contributed by atoms with E-state index >= 15 is 0 Å². The van der Waals surface area contributed by atoms with Gasteiger partial charge in [0.25, 0.3) is 0 Å². The lowest BCUT2D eigenvalue weighted by molar-refractivity contribution is -0.118. The molecule has 0 aliphatic carbocycles. The minimum atomic E-state index is 0.842. The maximum Gasteiger partial charge on any atom is 0.209 e. The summed E-state index contributed by atoms with van der Waals surface area (Å²) in [5.41, 5.74) is 1.15. The molecule has 18 heavy (non-hydrogen) atoms. The Hall–Kier alpha value is -1.71. The minimum absolute atomic E-state index is 0.842. The van der Waals surface area contributed by atoms with Gasteiger partial charge in [-0.15, -0.1) is 0 Å². The summed E-state index contributed by atoms with van der Waals surface area (Å²) in [6.45, 7) is 3.61. The van der Waals surface area contributed by atoms with Crippen molar-refractivity contribution in [1.82, 2.24) is 4.90 Å². The zero-order valence-corrected chi connectivity index (χ0v) is 10.8. The highest BCUT2D eigenvalue weighted by molar-refractivity contribution is 5.58. The second kappa shape index (κ2) is 6.28. The summed E-state index contributed by atoms with van der Waals surface area (Å²) < 4.78 is 5.40. The van der Waals surface area contributed by atoms with E-state index < -0.39 is 0 Å². The van der Waals surface area contributed by atoms with Crippen molar-refractivity contribution in [2.24, 2.45) is 0 Å². The van der Waals surface area contributed by atoms with Gasteiger partial charge in [0.05, 0.1) is 12.8 Å². The van der Waals surface area contributed by atoms with Crippen molar-refractivity contribution < 1.29 is 9.53 Å². The van der Waals surface area contributed by atoms with Gasteiger partial charge in [-0.2, -0.15) is 0 Å². The lowest BCUT2D eigenvalue weighted by Gasteiger charge is -2.30. The first kappa shape index (κ1) is 12.7. The van der Waals surface area contributed by atoms with Gasteiger partial charge in [-0.1, -0.05) is 12.1 Å². The van der Waals surface area contributed by atoms with Crippen molar-refractivity contribution in [2.75, 3.05) is 38.2 Å². The first-order valence-corrected chi connectivity index (χ1v) is 6.42. The Morgan fingerprint density at radius 1 is 1.11 bits per heavy atom. The largest absolute Gasteiger partial charge is 0.495 e. The van der Waals surface area contributed by atoms with E-state index in [-0.39, 0.29) is 0 Å². The number of anilines is 1. The van der Waals surface area contributed by atoms with E-state index in [1.54, 1.807) is 7.11 Å². The minimum Gasteiger partial charge on any atom is -0.495 e. The van der Waals surface area contributed by atoms with Gasteiger partial charge in [0.2, 0.25) is 6.41 Å². The molecule has 0 spiro atoms. The van der Waals surface area contributed by atoms with Crippen LogP contribution in [0.25, 0.3) is 0 Å². The number of benzene rings is 1. The zero-order valence-electron chi connectivity index (χ0n) is 10.8. The van der Waals surface area contributed by atoms with Crippen LogP contribution in [-0.2, 0) is 4.79 Å². The molecule has 1 aromatic rings. The summed E-state index contributed by atoms with van der Waals surface area (Å²) in [5, 5.41) is 0. The Morgan fingerprint density at radius 2 is 1.78 bits per heavy atom. The maximum absolute atomic E-state index is 10.8. The predicted octanol–water partition coefficient (Wildman–Crippen LogP) is 1.75. The second-order valence-corrected chi connectivity index (χ2v) is 4.51. The van der Waals surface area contributed by atoms with Crippen molar-refractivity contribution in [1.29, 1.82) is 0 Å². The molecule has 0 unspecified atom stereocenters. The molecule has 0 atom stereocenters. The lowest BCUT2D eigenvalue weighted by Crippen LogP contribution is -2.36. The maximum atomic E-state index is 10.8. The number of amides is 1. The Bertz CT molecular complexity index is 385. The average Bonchev–Trinajstić information content (AvgIpc) is 2.39. The molecule has 1 aliphatic rings. The molecular weight excluding hydrogens is 228 g/mol. The lowest BCUT2D eigenvalue weighted by atomic mass is 10.2. The fraction of sp³-hybridized carbons (Fsp3) is 0.500. The van der Waals surface area contributed by atoms with Crippen LogP contribution in [0, 0.1) is 0 Å². The molecule has 1 aliphatic heterocycles. The van der Waals surface area contributed by atoms with Gasteiger partial charge >= 0.3 is 0 Å². The van der Waals surface area contributed by atoms with Gasteiger partial charge in [0, 0.05) is 26.2 Å². The monoisotopic (exact) mass is 248 g/mol. The number of carbonyl (C=O) groups is 1. The van der Waals surface area contributed by atoms with E-state index in [9.17, 15) is 4.79 Å². The quantitative estimate of drug-likeness (QED) is 0.764. The fourth-order valence-corrected chi connectivity index (χ4v) is 2.39. The van der Waals surface area contributed by atoms with Gasteiger partial charge in [-0.25, -0.2) is 0 Å². The Kier molecular flexibility index (Phi) is 4.45. The van der Waals surface area contributed by atoms with Crippen molar-refractivity contribution >= 4 is 12.1 Å². The van der Waals surface area contributed by atoms with E-state index in [0.29, 0.717) is 0 Å². The molecule has 1 heterocycles. The Morgan fingerprint density at radius 3 is 2.39 bits per heavy atom. The summed E-state index contributed by atoms with van der Waals surface area (Å²) in [7, 11) is 1.71. The van der Waals surface area contributed by atoms with Crippen molar-refractivity contribution in [3.05, 3.63) is 24.3 Å². The first-order chi connectivity index (χ1) is 8.85.